The first-order chi connectivity index (χ1) is 14.7. The number of carbonyl (C=O) groups excluding carboxylic acids is 1. The van der Waals surface area contributed by atoms with Crippen molar-refractivity contribution in [1.82, 2.24) is 9.80 Å². The van der Waals surface area contributed by atoms with Crippen molar-refractivity contribution in [2.24, 2.45) is 0 Å². The predicted molar refractivity (Wildman–Crippen MR) is 117 cm³/mol. The highest BCUT2D eigenvalue weighted by Gasteiger charge is 2.22. The van der Waals surface area contributed by atoms with Gasteiger partial charge in [0, 0.05) is 31.9 Å². The summed E-state index contributed by atoms with van der Waals surface area (Å²) in [5.41, 5.74) is 2.91. The number of carbonyl (C=O) groups is 1. The molecule has 1 saturated heterocycles. The molecule has 156 valence electrons. The number of anilines is 1. The van der Waals surface area contributed by atoms with E-state index in [1.165, 1.54) is 0 Å². The summed E-state index contributed by atoms with van der Waals surface area (Å²) in [5, 5.41) is 3.04. The number of urea groups is 1. The Bertz CT molecular complexity index is 949. The number of nitrogens with one attached hydrogen (secondary N) is 1. The number of hydrogen-bond acceptors (Lipinski definition) is 4. The second-order valence-corrected chi connectivity index (χ2v) is 7.52. The number of amides is 2. The maximum Gasteiger partial charge on any atom is 0.321 e. The van der Waals surface area contributed by atoms with Crippen LogP contribution in [0.4, 0.5) is 10.5 Å². The van der Waals surface area contributed by atoms with E-state index in [9.17, 15) is 4.79 Å². The third kappa shape index (κ3) is 5.21. The van der Waals surface area contributed by atoms with Crippen LogP contribution in [0.15, 0.2) is 71.3 Å². The largest absolute Gasteiger partial charge is 0.489 e. The molecule has 4 rings (SSSR count). The minimum Gasteiger partial charge on any atom is -0.489 e. The Morgan fingerprint density at radius 1 is 1.03 bits per heavy atom. The zero-order chi connectivity index (χ0) is 20.8. The van der Waals surface area contributed by atoms with E-state index in [0.29, 0.717) is 19.7 Å². The molecule has 0 spiro atoms. The van der Waals surface area contributed by atoms with E-state index in [0.717, 1.165) is 48.0 Å². The van der Waals surface area contributed by atoms with Crippen LogP contribution in [0.25, 0.3) is 0 Å². The molecule has 1 aliphatic heterocycles. The third-order valence-corrected chi connectivity index (χ3v) is 5.31. The molecule has 3 aromatic rings. The number of piperazine rings is 1. The van der Waals surface area contributed by atoms with Crippen molar-refractivity contribution in [1.29, 1.82) is 0 Å². The van der Waals surface area contributed by atoms with Crippen LogP contribution in [0.3, 0.4) is 0 Å². The second kappa shape index (κ2) is 9.50. The number of furan rings is 1. The lowest BCUT2D eigenvalue weighted by molar-refractivity contribution is 0.137. The Kier molecular flexibility index (Phi) is 6.35. The van der Waals surface area contributed by atoms with Crippen LogP contribution in [0, 0.1) is 6.92 Å². The Morgan fingerprint density at radius 3 is 2.53 bits per heavy atom. The highest BCUT2D eigenvalue weighted by Crippen LogP contribution is 2.23. The number of nitrogens with zero attached hydrogens (tertiary/aromatic N) is 2. The van der Waals surface area contributed by atoms with Crippen LogP contribution >= 0.6 is 0 Å². The molecule has 30 heavy (non-hydrogen) atoms. The Morgan fingerprint density at radius 2 is 1.83 bits per heavy atom. The molecule has 2 heterocycles. The average Bonchev–Trinajstić information content (AvgIpc) is 3.28. The molecule has 1 fully saturated rings. The molecule has 1 aliphatic rings. The van der Waals surface area contributed by atoms with Crippen LogP contribution in [-0.4, -0.2) is 42.0 Å². The third-order valence-electron chi connectivity index (χ3n) is 5.31. The Balaban J connectivity index is 1.27. The quantitative estimate of drug-likeness (QED) is 0.655. The van der Waals surface area contributed by atoms with E-state index >= 15 is 0 Å². The Hall–Kier alpha value is -3.25. The predicted octanol–water partition coefficient (Wildman–Crippen LogP) is 4.52. The van der Waals surface area contributed by atoms with Gasteiger partial charge in [0.25, 0.3) is 0 Å². The van der Waals surface area contributed by atoms with Crippen LogP contribution in [0.2, 0.25) is 0 Å². The van der Waals surface area contributed by atoms with Gasteiger partial charge in [-0.1, -0.05) is 30.3 Å². The molecule has 1 aromatic heterocycles. The van der Waals surface area contributed by atoms with Crippen molar-refractivity contribution in [3.8, 4) is 5.75 Å². The molecule has 0 atom stereocenters. The first kappa shape index (κ1) is 20.0. The van der Waals surface area contributed by atoms with E-state index < -0.39 is 0 Å². The first-order valence-electron chi connectivity index (χ1n) is 10.3. The van der Waals surface area contributed by atoms with E-state index in [-0.39, 0.29) is 6.03 Å². The van der Waals surface area contributed by atoms with Crippen molar-refractivity contribution in [2.75, 3.05) is 31.5 Å². The highest BCUT2D eigenvalue weighted by atomic mass is 16.5. The lowest BCUT2D eigenvalue weighted by Crippen LogP contribution is -2.49. The monoisotopic (exact) mass is 405 g/mol. The number of hydrogen-bond donors (Lipinski definition) is 1. The van der Waals surface area contributed by atoms with Crippen molar-refractivity contribution >= 4 is 11.7 Å². The zero-order valence-corrected chi connectivity index (χ0v) is 17.2. The van der Waals surface area contributed by atoms with Gasteiger partial charge in [0.05, 0.1) is 12.8 Å². The van der Waals surface area contributed by atoms with Crippen LogP contribution in [-0.2, 0) is 13.2 Å². The van der Waals surface area contributed by atoms with Crippen molar-refractivity contribution < 1.29 is 13.9 Å². The first-order valence-corrected chi connectivity index (χ1v) is 10.3. The lowest BCUT2D eigenvalue weighted by atomic mass is 10.2. The molecule has 2 aromatic carbocycles. The summed E-state index contributed by atoms with van der Waals surface area (Å²) < 4.78 is 11.3. The average molecular weight is 405 g/mol. The fourth-order valence-corrected chi connectivity index (χ4v) is 3.53. The van der Waals surface area contributed by atoms with Gasteiger partial charge in [-0.15, -0.1) is 0 Å². The highest BCUT2D eigenvalue weighted by molar-refractivity contribution is 5.90. The van der Waals surface area contributed by atoms with Gasteiger partial charge in [0.1, 0.15) is 18.1 Å². The summed E-state index contributed by atoms with van der Waals surface area (Å²) in [6.45, 7) is 6.35. The molecular weight excluding hydrogens is 378 g/mol. The summed E-state index contributed by atoms with van der Waals surface area (Å²) >= 11 is 0. The van der Waals surface area contributed by atoms with Crippen molar-refractivity contribution in [2.45, 2.75) is 20.1 Å². The van der Waals surface area contributed by atoms with Crippen LogP contribution in [0.5, 0.6) is 5.75 Å². The second-order valence-electron chi connectivity index (χ2n) is 7.52. The molecular formula is C24H27N3O3. The minimum absolute atomic E-state index is 0.0614. The summed E-state index contributed by atoms with van der Waals surface area (Å²) in [6, 6.07) is 19.6. The summed E-state index contributed by atoms with van der Waals surface area (Å²) in [4.78, 5) is 16.8. The van der Waals surface area contributed by atoms with E-state index in [1.54, 1.807) is 6.26 Å². The fourth-order valence-electron chi connectivity index (χ4n) is 3.53. The fraction of sp³-hybridized carbons (Fsp3) is 0.292. The minimum atomic E-state index is -0.0614. The molecule has 0 radical (unpaired) electrons. The smallest absolute Gasteiger partial charge is 0.321 e. The van der Waals surface area contributed by atoms with Gasteiger partial charge < -0.3 is 19.4 Å². The van der Waals surface area contributed by atoms with Crippen molar-refractivity contribution in [3.05, 3.63) is 83.8 Å². The zero-order valence-electron chi connectivity index (χ0n) is 17.2. The molecule has 0 unspecified atom stereocenters. The molecule has 6 heteroatoms. The van der Waals surface area contributed by atoms with E-state index in [2.05, 4.69) is 10.2 Å². The van der Waals surface area contributed by atoms with Gasteiger partial charge >= 0.3 is 6.03 Å². The van der Waals surface area contributed by atoms with Crippen LogP contribution in [0.1, 0.15) is 16.9 Å². The van der Waals surface area contributed by atoms with Crippen LogP contribution < -0.4 is 10.1 Å². The molecule has 2 amide bonds. The van der Waals surface area contributed by atoms with E-state index in [1.807, 2.05) is 72.5 Å². The molecule has 0 aliphatic carbocycles. The van der Waals surface area contributed by atoms with Gasteiger partial charge in [-0.25, -0.2) is 4.79 Å². The number of benzene rings is 2. The SMILES string of the molecule is Cc1cc(OCc2ccccc2)ccc1NC(=O)N1CCN(Cc2ccco2)CC1. The van der Waals surface area contributed by atoms with Gasteiger partial charge in [0.15, 0.2) is 0 Å². The molecule has 6 nitrogen and oxygen atoms in total. The lowest BCUT2D eigenvalue weighted by Gasteiger charge is -2.34. The standard InChI is InChI=1S/C24H27N3O3/c1-19-16-21(30-18-20-6-3-2-4-7-20)9-10-23(19)25-24(28)27-13-11-26(12-14-27)17-22-8-5-15-29-22/h2-10,15-16H,11-14,17-18H2,1H3,(H,25,28). The van der Waals surface area contributed by atoms with Gasteiger partial charge in [-0.3, -0.25) is 4.90 Å². The van der Waals surface area contributed by atoms with Gasteiger partial charge in [0.2, 0.25) is 0 Å². The normalized spacial score (nSPS) is 14.5. The number of aryl methyl sites for hydroxylation is 1. The number of rotatable bonds is 6. The van der Waals surface area contributed by atoms with Gasteiger partial charge in [-0.2, -0.15) is 0 Å². The molecule has 0 bridgehead atoms. The summed E-state index contributed by atoms with van der Waals surface area (Å²) in [7, 11) is 0. The van der Waals surface area contributed by atoms with Crippen molar-refractivity contribution in [3.63, 3.8) is 0 Å². The summed E-state index contributed by atoms with van der Waals surface area (Å²) in [6.07, 6.45) is 1.69. The van der Waals surface area contributed by atoms with E-state index in [4.69, 9.17) is 9.15 Å². The Labute approximate surface area is 177 Å². The molecule has 0 saturated carbocycles. The maximum absolute atomic E-state index is 12.7. The maximum atomic E-state index is 12.7. The number of ether oxygens (including phenoxy) is 1. The van der Waals surface area contributed by atoms with Gasteiger partial charge in [-0.05, 0) is 48.4 Å². The summed E-state index contributed by atoms with van der Waals surface area (Å²) in [5.74, 6) is 1.75. The topological polar surface area (TPSA) is 58.0 Å². The molecule has 1 N–H and O–H groups in total.